The van der Waals surface area contributed by atoms with Gasteiger partial charge in [0.2, 0.25) is 0 Å². The molecule has 0 aliphatic rings. The summed E-state index contributed by atoms with van der Waals surface area (Å²) < 4.78 is 0.939. The predicted molar refractivity (Wildman–Crippen MR) is 89.9 cm³/mol. The average molecular weight is 357 g/mol. The van der Waals surface area contributed by atoms with E-state index in [-0.39, 0.29) is 5.91 Å². The van der Waals surface area contributed by atoms with Gasteiger partial charge in [-0.05, 0) is 44.8 Å². The summed E-state index contributed by atoms with van der Waals surface area (Å²) in [5.74, 6) is 4.88. The van der Waals surface area contributed by atoms with Crippen molar-refractivity contribution < 1.29 is 4.79 Å². The minimum absolute atomic E-state index is 0.278. The van der Waals surface area contributed by atoms with E-state index in [1.165, 1.54) is 5.56 Å². The molecule has 0 spiro atoms. The number of carbonyl (C=O) groups excluding carboxylic acids is 1. The number of nitrogens with zero attached hydrogens (tertiary/aromatic N) is 2. The topological polar surface area (TPSA) is 61.6 Å². The molecule has 0 saturated carbocycles. The Morgan fingerprint density at radius 2 is 2.00 bits per heavy atom. The van der Waals surface area contributed by atoms with Crippen molar-refractivity contribution in [2.24, 2.45) is 5.84 Å². The zero-order valence-electron chi connectivity index (χ0n) is 13.0. The van der Waals surface area contributed by atoms with Gasteiger partial charge in [0.25, 0.3) is 5.91 Å². The van der Waals surface area contributed by atoms with Gasteiger partial charge in [-0.15, -0.1) is 0 Å². The van der Waals surface area contributed by atoms with Gasteiger partial charge in [0.15, 0.2) is 0 Å². The van der Waals surface area contributed by atoms with Gasteiger partial charge in [-0.3, -0.25) is 15.1 Å². The summed E-state index contributed by atoms with van der Waals surface area (Å²) in [5.41, 5.74) is 3.88. The van der Waals surface area contributed by atoms with E-state index in [0.717, 1.165) is 37.1 Å². The number of nitrogens with one attached hydrogen (secondary N) is 1. The van der Waals surface area contributed by atoms with E-state index in [1.54, 1.807) is 6.07 Å². The molecule has 21 heavy (non-hydrogen) atoms. The monoisotopic (exact) mass is 356 g/mol. The molecule has 5 nitrogen and oxygen atoms in total. The summed E-state index contributed by atoms with van der Waals surface area (Å²) in [6.45, 7) is 6.17. The Morgan fingerprint density at radius 1 is 1.29 bits per heavy atom. The van der Waals surface area contributed by atoms with Crippen LogP contribution in [0.4, 0.5) is 0 Å². The van der Waals surface area contributed by atoms with Crippen LogP contribution in [-0.2, 0) is 6.54 Å². The molecule has 1 rings (SSSR count). The molecule has 0 radical (unpaired) electrons. The molecule has 1 aromatic rings. The van der Waals surface area contributed by atoms with Crippen molar-refractivity contribution in [1.82, 2.24) is 15.2 Å². The van der Waals surface area contributed by atoms with Crippen molar-refractivity contribution >= 4 is 21.8 Å². The molecule has 0 aliphatic heterocycles. The van der Waals surface area contributed by atoms with E-state index < -0.39 is 0 Å². The zero-order chi connectivity index (χ0) is 15.8. The lowest BCUT2D eigenvalue weighted by Crippen LogP contribution is -2.32. The molecule has 118 valence electrons. The Kier molecular flexibility index (Phi) is 7.88. The molecule has 1 amide bonds. The van der Waals surface area contributed by atoms with Crippen LogP contribution in [0.15, 0.2) is 22.7 Å². The Balaban J connectivity index is 2.76. The van der Waals surface area contributed by atoms with Crippen molar-refractivity contribution in [3.05, 3.63) is 33.8 Å². The summed E-state index contributed by atoms with van der Waals surface area (Å²) in [6, 6.07) is 5.60. The molecule has 3 N–H and O–H groups in total. The Labute approximate surface area is 135 Å². The fourth-order valence-corrected chi connectivity index (χ4v) is 2.57. The summed E-state index contributed by atoms with van der Waals surface area (Å²) in [7, 11) is 4.17. The zero-order valence-corrected chi connectivity index (χ0v) is 14.6. The minimum atomic E-state index is -0.278. The highest BCUT2D eigenvalue weighted by Crippen LogP contribution is 2.20. The molecule has 0 aliphatic carbocycles. The first-order valence-corrected chi connectivity index (χ1v) is 7.93. The maximum Gasteiger partial charge on any atom is 0.265 e. The molecule has 1 aromatic carbocycles. The molecule has 0 bridgehead atoms. The lowest BCUT2D eigenvalue weighted by atomic mass is 10.1. The van der Waals surface area contributed by atoms with Crippen LogP contribution in [0.5, 0.6) is 0 Å². The number of hydrogen-bond donors (Lipinski definition) is 2. The third-order valence-electron chi connectivity index (χ3n) is 3.24. The van der Waals surface area contributed by atoms with Gasteiger partial charge in [0.1, 0.15) is 0 Å². The fourth-order valence-electron chi connectivity index (χ4n) is 2.07. The van der Waals surface area contributed by atoms with Crippen molar-refractivity contribution in [2.75, 3.05) is 33.7 Å². The lowest BCUT2D eigenvalue weighted by Gasteiger charge is -2.24. The number of nitrogen functional groups attached to an aromatic ring is 1. The third kappa shape index (κ3) is 6.13. The number of carbonyl (C=O) groups is 1. The lowest BCUT2D eigenvalue weighted by molar-refractivity contribution is 0.0953. The van der Waals surface area contributed by atoms with E-state index >= 15 is 0 Å². The Morgan fingerprint density at radius 3 is 2.52 bits per heavy atom. The number of nitrogens with two attached hydrogens (primary N) is 1. The smallest absolute Gasteiger partial charge is 0.265 e. The van der Waals surface area contributed by atoms with Gasteiger partial charge in [-0.25, -0.2) is 5.84 Å². The quantitative estimate of drug-likeness (QED) is 0.423. The third-order valence-corrected chi connectivity index (χ3v) is 3.98. The summed E-state index contributed by atoms with van der Waals surface area (Å²) in [6.07, 6.45) is 1.12. The van der Waals surface area contributed by atoms with E-state index in [2.05, 4.69) is 52.2 Å². The van der Waals surface area contributed by atoms with Crippen LogP contribution in [0, 0.1) is 0 Å². The first kappa shape index (κ1) is 18.1. The van der Waals surface area contributed by atoms with Gasteiger partial charge < -0.3 is 4.90 Å². The van der Waals surface area contributed by atoms with E-state index in [0.29, 0.717) is 5.56 Å². The number of hydrogen-bond acceptors (Lipinski definition) is 4. The second-order valence-corrected chi connectivity index (χ2v) is 6.21. The maximum absolute atomic E-state index is 11.5. The van der Waals surface area contributed by atoms with Gasteiger partial charge in [-0.2, -0.15) is 0 Å². The van der Waals surface area contributed by atoms with Gasteiger partial charge >= 0.3 is 0 Å². The van der Waals surface area contributed by atoms with Crippen LogP contribution in [0.1, 0.15) is 29.3 Å². The van der Waals surface area contributed by atoms with E-state index in [1.807, 2.05) is 12.1 Å². The van der Waals surface area contributed by atoms with Crippen LogP contribution >= 0.6 is 15.9 Å². The summed E-state index contributed by atoms with van der Waals surface area (Å²) in [5, 5.41) is 0. The Bertz CT molecular complexity index is 465. The molecular weight excluding hydrogens is 332 g/mol. The van der Waals surface area contributed by atoms with Crippen LogP contribution in [0.3, 0.4) is 0 Å². The number of rotatable bonds is 8. The molecule has 0 unspecified atom stereocenters. The van der Waals surface area contributed by atoms with Crippen molar-refractivity contribution in [3.8, 4) is 0 Å². The highest BCUT2D eigenvalue weighted by Gasteiger charge is 2.11. The number of hydrazine groups is 1. The number of likely N-dealkylation sites (N-methyl/N-ethyl adjacent to an activating group) is 1. The first-order chi connectivity index (χ1) is 9.97. The molecule has 0 heterocycles. The van der Waals surface area contributed by atoms with Crippen molar-refractivity contribution in [1.29, 1.82) is 0 Å². The molecule has 0 fully saturated rings. The summed E-state index contributed by atoms with van der Waals surface area (Å²) >= 11 is 3.55. The fraction of sp³-hybridized carbons (Fsp3) is 0.533. The highest BCUT2D eigenvalue weighted by molar-refractivity contribution is 9.10. The van der Waals surface area contributed by atoms with Crippen molar-refractivity contribution in [3.63, 3.8) is 0 Å². The van der Waals surface area contributed by atoms with Crippen LogP contribution in [0.25, 0.3) is 0 Å². The van der Waals surface area contributed by atoms with E-state index in [9.17, 15) is 4.79 Å². The normalized spacial score (nSPS) is 11.2. The standard InChI is InChI=1S/C15H25BrN4O/c1-4-7-20(9-8-19(2)3)11-13-6-5-12(10-14(13)16)15(21)18-17/h5-6,10H,4,7-9,11,17H2,1-3H3,(H,18,21). The van der Waals surface area contributed by atoms with Crippen LogP contribution < -0.4 is 11.3 Å². The first-order valence-electron chi connectivity index (χ1n) is 7.14. The number of halogens is 1. The van der Waals surface area contributed by atoms with Crippen molar-refractivity contribution in [2.45, 2.75) is 19.9 Å². The Hall–Kier alpha value is -0.950. The maximum atomic E-state index is 11.5. The van der Waals surface area contributed by atoms with Crippen LogP contribution in [-0.4, -0.2) is 49.4 Å². The molecule has 6 heteroatoms. The van der Waals surface area contributed by atoms with E-state index in [4.69, 9.17) is 5.84 Å². The van der Waals surface area contributed by atoms with Crippen LogP contribution in [0.2, 0.25) is 0 Å². The average Bonchev–Trinajstić information content (AvgIpc) is 2.46. The minimum Gasteiger partial charge on any atom is -0.308 e. The van der Waals surface area contributed by atoms with Gasteiger partial charge in [0, 0.05) is 29.7 Å². The van der Waals surface area contributed by atoms with Gasteiger partial charge in [-0.1, -0.05) is 28.9 Å². The summed E-state index contributed by atoms with van der Waals surface area (Å²) in [4.78, 5) is 16.1. The second-order valence-electron chi connectivity index (χ2n) is 5.36. The molecule has 0 atom stereocenters. The number of benzene rings is 1. The largest absolute Gasteiger partial charge is 0.308 e. The predicted octanol–water partition coefficient (Wildman–Crippen LogP) is 1.83. The molecule has 0 aromatic heterocycles. The highest BCUT2D eigenvalue weighted by atomic mass is 79.9. The van der Waals surface area contributed by atoms with Gasteiger partial charge in [0.05, 0.1) is 0 Å². The SMILES string of the molecule is CCCN(CCN(C)C)Cc1ccc(C(=O)NN)cc1Br. The molecule has 0 saturated heterocycles. The molecular formula is C15H25BrN4O. The number of amides is 1. The second kappa shape index (κ2) is 9.15.